The van der Waals surface area contributed by atoms with E-state index >= 15 is 0 Å². The van der Waals surface area contributed by atoms with Gasteiger partial charge in [0.05, 0.1) is 16.9 Å². The van der Waals surface area contributed by atoms with Crippen LogP contribution in [0.5, 0.6) is 0 Å². The number of likely N-dealkylation sites (tertiary alicyclic amines) is 1. The van der Waals surface area contributed by atoms with Crippen LogP contribution >= 0.6 is 0 Å². The first-order valence-electron chi connectivity index (χ1n) is 7.70. The number of hydrogen-bond acceptors (Lipinski definition) is 5. The van der Waals surface area contributed by atoms with Crippen molar-refractivity contribution >= 4 is 17.6 Å². The topological polar surface area (TPSA) is 110 Å². The number of amides is 1. The summed E-state index contributed by atoms with van der Waals surface area (Å²) in [5.74, 6) is -1.73. The van der Waals surface area contributed by atoms with Crippen LogP contribution < -0.4 is 0 Å². The predicted molar refractivity (Wildman–Crippen MR) is 82.7 cm³/mol. The number of nitro benzene ring substituents is 1. The standard InChI is InChI=1S/C16H18N2O6/c1-10-2-3-13(18(22)23)12(6-10)14(19)17-7-11-8-24-5-4-16(11,9-17)15(20)21/h2-3,6,11H,4-5,7-9H2,1H3,(H,20,21)/t11-,16+/m0/s1. The number of carbonyl (C=O) groups excluding carboxylic acids is 1. The molecule has 2 aliphatic heterocycles. The fourth-order valence-corrected chi connectivity index (χ4v) is 3.60. The van der Waals surface area contributed by atoms with Crippen LogP contribution in [-0.2, 0) is 9.53 Å². The lowest BCUT2D eigenvalue weighted by Gasteiger charge is -2.33. The van der Waals surface area contributed by atoms with Gasteiger partial charge in [-0.2, -0.15) is 0 Å². The second-order valence-corrected chi connectivity index (χ2v) is 6.45. The highest BCUT2D eigenvalue weighted by molar-refractivity contribution is 5.99. The van der Waals surface area contributed by atoms with Crippen LogP contribution in [0.15, 0.2) is 18.2 Å². The maximum absolute atomic E-state index is 12.8. The molecule has 8 heteroatoms. The molecule has 3 rings (SSSR count). The fraction of sp³-hybridized carbons (Fsp3) is 0.500. The molecule has 128 valence electrons. The lowest BCUT2D eigenvalue weighted by Crippen LogP contribution is -2.45. The van der Waals surface area contributed by atoms with Gasteiger partial charge in [-0.05, 0) is 25.0 Å². The van der Waals surface area contributed by atoms with Gasteiger partial charge in [0.25, 0.3) is 11.6 Å². The van der Waals surface area contributed by atoms with E-state index < -0.39 is 22.2 Å². The van der Waals surface area contributed by atoms with Crippen LogP contribution in [0.3, 0.4) is 0 Å². The molecule has 0 aromatic heterocycles. The number of aryl methyl sites for hydroxylation is 1. The van der Waals surface area contributed by atoms with Gasteiger partial charge in [0.1, 0.15) is 5.56 Å². The summed E-state index contributed by atoms with van der Waals surface area (Å²) in [6.07, 6.45) is 0.340. The largest absolute Gasteiger partial charge is 0.481 e. The van der Waals surface area contributed by atoms with Crippen molar-refractivity contribution in [3.05, 3.63) is 39.4 Å². The van der Waals surface area contributed by atoms with E-state index in [0.717, 1.165) is 5.56 Å². The third-order valence-corrected chi connectivity index (χ3v) is 5.00. The Hall–Kier alpha value is -2.48. The van der Waals surface area contributed by atoms with Gasteiger partial charge in [-0.1, -0.05) is 6.07 Å². The molecule has 2 aliphatic rings. The van der Waals surface area contributed by atoms with Crippen molar-refractivity contribution in [2.75, 3.05) is 26.3 Å². The molecule has 24 heavy (non-hydrogen) atoms. The maximum atomic E-state index is 12.8. The Morgan fingerprint density at radius 1 is 1.46 bits per heavy atom. The third kappa shape index (κ3) is 2.52. The average Bonchev–Trinajstić information content (AvgIpc) is 2.94. The van der Waals surface area contributed by atoms with Crippen molar-refractivity contribution in [2.45, 2.75) is 13.3 Å². The molecule has 1 N–H and O–H groups in total. The van der Waals surface area contributed by atoms with Crippen LogP contribution in [0.4, 0.5) is 5.69 Å². The van der Waals surface area contributed by atoms with Crippen LogP contribution in [0, 0.1) is 28.4 Å². The van der Waals surface area contributed by atoms with Gasteiger partial charge >= 0.3 is 5.97 Å². The number of rotatable bonds is 3. The molecule has 2 atom stereocenters. The number of benzene rings is 1. The molecule has 8 nitrogen and oxygen atoms in total. The van der Waals surface area contributed by atoms with Crippen LogP contribution in [0.2, 0.25) is 0 Å². The lowest BCUT2D eigenvalue weighted by atomic mass is 9.74. The van der Waals surface area contributed by atoms with Gasteiger partial charge in [0.15, 0.2) is 0 Å². The molecule has 0 unspecified atom stereocenters. The van der Waals surface area contributed by atoms with Gasteiger partial charge in [-0.3, -0.25) is 19.7 Å². The molecule has 2 fully saturated rings. The van der Waals surface area contributed by atoms with Crippen molar-refractivity contribution in [3.8, 4) is 0 Å². The molecular formula is C16H18N2O6. The monoisotopic (exact) mass is 334 g/mol. The molecule has 0 bridgehead atoms. The number of carboxylic acid groups (broad SMARTS) is 1. The first kappa shape index (κ1) is 16.4. The highest BCUT2D eigenvalue weighted by Gasteiger charge is 2.55. The van der Waals surface area contributed by atoms with Gasteiger partial charge < -0.3 is 14.7 Å². The van der Waals surface area contributed by atoms with E-state index in [1.165, 1.54) is 17.0 Å². The maximum Gasteiger partial charge on any atom is 0.311 e. The minimum Gasteiger partial charge on any atom is -0.481 e. The van der Waals surface area contributed by atoms with Gasteiger partial charge in [0, 0.05) is 31.7 Å². The Bertz CT molecular complexity index is 719. The summed E-state index contributed by atoms with van der Waals surface area (Å²) < 4.78 is 5.36. The zero-order valence-electron chi connectivity index (χ0n) is 13.2. The molecule has 2 saturated heterocycles. The number of carbonyl (C=O) groups is 2. The summed E-state index contributed by atoms with van der Waals surface area (Å²) in [5.41, 5.74) is -0.551. The molecule has 1 amide bonds. The molecule has 0 saturated carbocycles. The SMILES string of the molecule is Cc1ccc([N+](=O)[O-])c(C(=O)N2C[C@H]3COCC[C@@]3(C(=O)O)C2)c1. The molecule has 1 aromatic rings. The lowest BCUT2D eigenvalue weighted by molar-refractivity contribution is -0.385. The van der Waals surface area contributed by atoms with E-state index in [2.05, 4.69) is 0 Å². The number of fused-ring (bicyclic) bond motifs is 1. The highest BCUT2D eigenvalue weighted by atomic mass is 16.6. The summed E-state index contributed by atoms with van der Waals surface area (Å²) in [7, 11) is 0. The van der Waals surface area contributed by atoms with Crippen molar-refractivity contribution in [1.29, 1.82) is 0 Å². The van der Waals surface area contributed by atoms with Gasteiger partial charge in [-0.15, -0.1) is 0 Å². The number of ether oxygens (including phenoxy) is 1. The van der Waals surface area contributed by atoms with E-state index in [-0.39, 0.29) is 36.9 Å². The van der Waals surface area contributed by atoms with Crippen molar-refractivity contribution in [1.82, 2.24) is 4.90 Å². The van der Waals surface area contributed by atoms with E-state index in [0.29, 0.717) is 13.0 Å². The average molecular weight is 334 g/mol. The first-order chi connectivity index (χ1) is 11.3. The quantitative estimate of drug-likeness (QED) is 0.662. The first-order valence-corrected chi connectivity index (χ1v) is 7.70. The Balaban J connectivity index is 1.94. The zero-order chi connectivity index (χ0) is 17.5. The summed E-state index contributed by atoms with van der Waals surface area (Å²) in [4.78, 5) is 36.6. The Morgan fingerprint density at radius 2 is 2.21 bits per heavy atom. The fourth-order valence-electron chi connectivity index (χ4n) is 3.60. The number of nitro groups is 1. The van der Waals surface area contributed by atoms with Crippen molar-refractivity contribution < 1.29 is 24.4 Å². The van der Waals surface area contributed by atoms with Crippen LogP contribution in [-0.4, -0.2) is 53.1 Å². The minimum atomic E-state index is -1.02. The Labute approximate surface area is 138 Å². The van der Waals surface area contributed by atoms with Gasteiger partial charge in [-0.25, -0.2) is 0 Å². The molecule has 0 spiro atoms. The second kappa shape index (κ2) is 5.86. The normalized spacial score (nSPS) is 26.0. The zero-order valence-corrected chi connectivity index (χ0v) is 13.2. The van der Waals surface area contributed by atoms with E-state index in [9.17, 15) is 24.8 Å². The van der Waals surface area contributed by atoms with Crippen molar-refractivity contribution in [3.63, 3.8) is 0 Å². The van der Waals surface area contributed by atoms with E-state index in [1.807, 2.05) is 0 Å². The number of nitrogens with zero attached hydrogens (tertiary/aromatic N) is 2. The van der Waals surface area contributed by atoms with Crippen molar-refractivity contribution in [2.24, 2.45) is 11.3 Å². The summed E-state index contributed by atoms with van der Waals surface area (Å²) in [6.45, 7) is 2.66. The highest BCUT2D eigenvalue weighted by Crippen LogP contribution is 2.43. The van der Waals surface area contributed by atoms with E-state index in [4.69, 9.17) is 4.74 Å². The van der Waals surface area contributed by atoms with Crippen LogP contribution in [0.1, 0.15) is 22.3 Å². The van der Waals surface area contributed by atoms with E-state index in [1.54, 1.807) is 13.0 Å². The van der Waals surface area contributed by atoms with Crippen LogP contribution in [0.25, 0.3) is 0 Å². The second-order valence-electron chi connectivity index (χ2n) is 6.45. The van der Waals surface area contributed by atoms with Gasteiger partial charge in [0.2, 0.25) is 0 Å². The summed E-state index contributed by atoms with van der Waals surface area (Å²) >= 11 is 0. The molecule has 2 heterocycles. The summed E-state index contributed by atoms with van der Waals surface area (Å²) in [5, 5.41) is 20.8. The minimum absolute atomic E-state index is 0.0000964. The number of carboxylic acids is 1. The summed E-state index contributed by atoms with van der Waals surface area (Å²) in [6, 6.07) is 4.36. The predicted octanol–water partition coefficient (Wildman–Crippen LogP) is 1.47. The molecule has 1 aromatic carbocycles. The molecular weight excluding hydrogens is 316 g/mol. The number of aliphatic carboxylic acids is 1. The third-order valence-electron chi connectivity index (χ3n) is 5.00. The Kier molecular flexibility index (Phi) is 4.00. The molecule has 0 radical (unpaired) electrons. The molecule has 0 aliphatic carbocycles. The Morgan fingerprint density at radius 3 is 2.83 bits per heavy atom. The number of hydrogen-bond donors (Lipinski definition) is 1. The smallest absolute Gasteiger partial charge is 0.311 e.